The average molecular weight is 292 g/mol. The predicted molar refractivity (Wildman–Crippen MR) is 67.9 cm³/mol. The number of nitrogens with zero attached hydrogens (tertiary/aromatic N) is 1. The predicted octanol–water partition coefficient (Wildman–Crippen LogP) is -0.202. The summed E-state index contributed by atoms with van der Waals surface area (Å²) in [5.74, 6) is -0.908. The Labute approximate surface area is 113 Å². The molecule has 0 atom stereocenters. The van der Waals surface area contributed by atoms with Crippen molar-refractivity contribution in [2.75, 3.05) is 32.8 Å². The van der Waals surface area contributed by atoms with Gasteiger partial charge in [0.25, 0.3) is 10.2 Å². The van der Waals surface area contributed by atoms with E-state index in [0.29, 0.717) is 39.1 Å². The molecule has 0 amide bonds. The Morgan fingerprint density at radius 2 is 1.84 bits per heavy atom. The summed E-state index contributed by atoms with van der Waals surface area (Å²) in [5, 5.41) is 9.30. The van der Waals surface area contributed by atoms with E-state index in [1.54, 1.807) is 0 Å². The van der Waals surface area contributed by atoms with Crippen molar-refractivity contribution in [2.45, 2.75) is 25.7 Å². The molecule has 0 aromatic carbocycles. The lowest BCUT2D eigenvalue weighted by molar-refractivity contribution is -0.148. The number of carbonyl (C=O) groups is 1. The number of carboxylic acids is 1. The van der Waals surface area contributed by atoms with Crippen LogP contribution in [0, 0.1) is 5.41 Å². The Bertz CT molecular complexity index is 424. The SMILES string of the molecule is O=C(O)C1(CNS(=O)(=O)N2CCOCC2)CCCC1. The van der Waals surface area contributed by atoms with Gasteiger partial charge in [-0.2, -0.15) is 12.7 Å². The van der Waals surface area contributed by atoms with Crippen LogP contribution in [0.2, 0.25) is 0 Å². The molecule has 1 saturated heterocycles. The van der Waals surface area contributed by atoms with E-state index in [-0.39, 0.29) is 6.54 Å². The van der Waals surface area contributed by atoms with Crippen LogP contribution in [0.5, 0.6) is 0 Å². The second kappa shape index (κ2) is 5.74. The summed E-state index contributed by atoms with van der Waals surface area (Å²) < 4.78 is 33.0. The van der Waals surface area contributed by atoms with Crippen molar-refractivity contribution in [2.24, 2.45) is 5.41 Å². The minimum atomic E-state index is -3.60. The third-order valence-electron chi connectivity index (χ3n) is 3.92. The summed E-state index contributed by atoms with van der Waals surface area (Å²) in [6, 6.07) is 0. The third kappa shape index (κ3) is 3.25. The van der Waals surface area contributed by atoms with Crippen LogP contribution in [0.25, 0.3) is 0 Å². The van der Waals surface area contributed by atoms with Crippen LogP contribution in [0.3, 0.4) is 0 Å². The zero-order chi connectivity index (χ0) is 13.9. The molecule has 2 aliphatic rings. The van der Waals surface area contributed by atoms with Crippen LogP contribution in [0.15, 0.2) is 0 Å². The maximum Gasteiger partial charge on any atom is 0.310 e. The minimum absolute atomic E-state index is 0.0258. The number of hydrogen-bond acceptors (Lipinski definition) is 4. The lowest BCUT2D eigenvalue weighted by Crippen LogP contribution is -2.50. The van der Waals surface area contributed by atoms with Crippen LogP contribution in [-0.4, -0.2) is 56.6 Å². The number of rotatable bonds is 5. The summed E-state index contributed by atoms with van der Waals surface area (Å²) in [6.07, 6.45) is 2.75. The molecule has 0 spiro atoms. The molecule has 2 fully saturated rings. The maximum atomic E-state index is 12.1. The van der Waals surface area contributed by atoms with Crippen LogP contribution >= 0.6 is 0 Å². The molecular weight excluding hydrogens is 272 g/mol. The highest BCUT2D eigenvalue weighted by molar-refractivity contribution is 7.87. The third-order valence-corrected chi connectivity index (χ3v) is 5.47. The number of morpholine rings is 1. The maximum absolute atomic E-state index is 12.1. The number of carboxylic acid groups (broad SMARTS) is 1. The van der Waals surface area contributed by atoms with Crippen molar-refractivity contribution in [3.05, 3.63) is 0 Å². The van der Waals surface area contributed by atoms with Gasteiger partial charge in [-0.1, -0.05) is 12.8 Å². The fourth-order valence-electron chi connectivity index (χ4n) is 2.63. The molecule has 0 aromatic heterocycles. The normalized spacial score (nSPS) is 24.4. The van der Waals surface area contributed by atoms with Crippen LogP contribution in [-0.2, 0) is 19.7 Å². The van der Waals surface area contributed by atoms with Gasteiger partial charge < -0.3 is 9.84 Å². The van der Waals surface area contributed by atoms with E-state index in [1.165, 1.54) is 4.31 Å². The lowest BCUT2D eigenvalue weighted by atomic mass is 9.87. The molecule has 8 heteroatoms. The van der Waals surface area contributed by atoms with Crippen molar-refractivity contribution in [1.82, 2.24) is 9.03 Å². The molecule has 1 heterocycles. The quantitative estimate of drug-likeness (QED) is 0.731. The first-order valence-electron chi connectivity index (χ1n) is 6.52. The topological polar surface area (TPSA) is 95.9 Å². The second-order valence-electron chi connectivity index (χ2n) is 5.13. The zero-order valence-electron chi connectivity index (χ0n) is 10.8. The van der Waals surface area contributed by atoms with Crippen molar-refractivity contribution in [1.29, 1.82) is 0 Å². The Morgan fingerprint density at radius 1 is 1.26 bits per heavy atom. The summed E-state index contributed by atoms with van der Waals surface area (Å²) in [6.45, 7) is 1.36. The molecule has 19 heavy (non-hydrogen) atoms. The summed E-state index contributed by atoms with van der Waals surface area (Å²) >= 11 is 0. The molecule has 2 rings (SSSR count). The van der Waals surface area contributed by atoms with Crippen molar-refractivity contribution in [3.8, 4) is 0 Å². The first kappa shape index (κ1) is 14.7. The Kier molecular flexibility index (Phi) is 4.44. The van der Waals surface area contributed by atoms with E-state index in [0.717, 1.165) is 12.8 Å². The summed E-state index contributed by atoms with van der Waals surface area (Å²) in [4.78, 5) is 11.3. The fraction of sp³-hybridized carbons (Fsp3) is 0.909. The van der Waals surface area contributed by atoms with Gasteiger partial charge in [0.1, 0.15) is 0 Å². The van der Waals surface area contributed by atoms with Gasteiger partial charge in [0.2, 0.25) is 0 Å². The molecule has 0 unspecified atom stereocenters. The molecule has 110 valence electrons. The van der Waals surface area contributed by atoms with Crippen LogP contribution < -0.4 is 4.72 Å². The van der Waals surface area contributed by atoms with Gasteiger partial charge in [-0.25, -0.2) is 4.72 Å². The highest BCUT2D eigenvalue weighted by atomic mass is 32.2. The van der Waals surface area contributed by atoms with E-state index >= 15 is 0 Å². The van der Waals surface area contributed by atoms with Gasteiger partial charge in [0.15, 0.2) is 0 Å². The molecule has 0 aromatic rings. The minimum Gasteiger partial charge on any atom is -0.481 e. The zero-order valence-corrected chi connectivity index (χ0v) is 11.6. The van der Waals surface area contributed by atoms with Gasteiger partial charge in [-0.3, -0.25) is 4.79 Å². The standard InChI is InChI=1S/C11H20N2O5S/c14-10(15)11(3-1-2-4-11)9-12-19(16,17)13-5-7-18-8-6-13/h12H,1-9H2,(H,14,15). The van der Waals surface area contributed by atoms with Gasteiger partial charge in [-0.05, 0) is 12.8 Å². The highest BCUT2D eigenvalue weighted by Crippen LogP contribution is 2.37. The smallest absolute Gasteiger partial charge is 0.310 e. The van der Waals surface area contributed by atoms with E-state index in [1.807, 2.05) is 0 Å². The average Bonchev–Trinajstić information content (AvgIpc) is 2.88. The molecule has 0 bridgehead atoms. The Hall–Kier alpha value is -0.700. The van der Waals surface area contributed by atoms with Gasteiger partial charge in [0.05, 0.1) is 18.6 Å². The van der Waals surface area contributed by atoms with E-state index in [9.17, 15) is 18.3 Å². The first-order chi connectivity index (χ1) is 8.96. The summed E-state index contributed by atoms with van der Waals surface area (Å²) in [7, 11) is -3.60. The van der Waals surface area contributed by atoms with Gasteiger partial charge in [-0.15, -0.1) is 0 Å². The first-order valence-corrected chi connectivity index (χ1v) is 7.96. The van der Waals surface area contributed by atoms with Gasteiger partial charge in [0, 0.05) is 19.6 Å². The van der Waals surface area contributed by atoms with Gasteiger partial charge >= 0.3 is 5.97 Å². The number of nitrogens with one attached hydrogen (secondary N) is 1. The van der Waals surface area contributed by atoms with Crippen molar-refractivity contribution in [3.63, 3.8) is 0 Å². The van der Waals surface area contributed by atoms with E-state index in [2.05, 4.69) is 4.72 Å². The second-order valence-corrected chi connectivity index (χ2v) is 6.89. The van der Waals surface area contributed by atoms with Crippen LogP contribution in [0.4, 0.5) is 0 Å². The molecule has 7 nitrogen and oxygen atoms in total. The number of aliphatic carboxylic acids is 1. The number of ether oxygens (including phenoxy) is 1. The molecule has 1 aliphatic heterocycles. The number of hydrogen-bond donors (Lipinski definition) is 2. The van der Waals surface area contributed by atoms with Crippen molar-refractivity contribution >= 4 is 16.2 Å². The molecule has 0 radical (unpaired) electrons. The lowest BCUT2D eigenvalue weighted by Gasteiger charge is -2.29. The monoisotopic (exact) mass is 292 g/mol. The largest absolute Gasteiger partial charge is 0.481 e. The van der Waals surface area contributed by atoms with Crippen molar-refractivity contribution < 1.29 is 23.1 Å². The highest BCUT2D eigenvalue weighted by Gasteiger charge is 2.42. The van der Waals surface area contributed by atoms with E-state index in [4.69, 9.17) is 4.74 Å². The molecule has 1 aliphatic carbocycles. The Morgan fingerprint density at radius 3 is 2.37 bits per heavy atom. The summed E-state index contributed by atoms with van der Waals surface area (Å²) in [5.41, 5.74) is -0.931. The van der Waals surface area contributed by atoms with Crippen LogP contribution in [0.1, 0.15) is 25.7 Å². The Balaban J connectivity index is 1.98. The molecular formula is C11H20N2O5S. The molecule has 1 saturated carbocycles. The van der Waals surface area contributed by atoms with E-state index < -0.39 is 21.6 Å². The molecule has 2 N–H and O–H groups in total. The fourth-order valence-corrected chi connectivity index (χ4v) is 3.90.